The molecule has 1 aromatic heterocycles. The fourth-order valence-electron chi connectivity index (χ4n) is 2.80. The summed E-state index contributed by atoms with van der Waals surface area (Å²) in [5.74, 6) is 4.42. The molecule has 7 nitrogen and oxygen atoms in total. The summed E-state index contributed by atoms with van der Waals surface area (Å²) in [6.07, 6.45) is 1.79. The van der Waals surface area contributed by atoms with Crippen molar-refractivity contribution in [3.63, 3.8) is 0 Å². The highest BCUT2D eigenvalue weighted by Gasteiger charge is 2.13. The Morgan fingerprint density at radius 1 is 1.19 bits per heavy atom. The van der Waals surface area contributed by atoms with Gasteiger partial charge in [0.1, 0.15) is 17.3 Å². The number of pyridine rings is 1. The van der Waals surface area contributed by atoms with Gasteiger partial charge in [-0.2, -0.15) is 11.8 Å². The van der Waals surface area contributed by atoms with Gasteiger partial charge in [-0.3, -0.25) is 0 Å². The summed E-state index contributed by atoms with van der Waals surface area (Å²) < 4.78 is 10.5. The number of methoxy groups -OCH3 is 2. The zero-order valence-electron chi connectivity index (χ0n) is 15.5. The largest absolute Gasteiger partial charge is 0.497 e. The van der Waals surface area contributed by atoms with Crippen molar-refractivity contribution in [1.82, 2.24) is 10.3 Å². The van der Waals surface area contributed by atoms with Crippen LogP contribution in [0.4, 0.5) is 16.3 Å². The summed E-state index contributed by atoms with van der Waals surface area (Å²) >= 11 is 1.96. The van der Waals surface area contributed by atoms with Gasteiger partial charge in [0.05, 0.1) is 19.9 Å². The number of carbonyl (C=O) groups excluding carboxylic acids is 1. The zero-order chi connectivity index (χ0) is 19.1. The highest BCUT2D eigenvalue weighted by Crippen LogP contribution is 2.28. The lowest BCUT2D eigenvalue weighted by molar-refractivity contribution is 0.251. The van der Waals surface area contributed by atoms with E-state index in [1.165, 1.54) is 0 Å². The molecule has 0 spiro atoms. The highest BCUT2D eigenvalue weighted by atomic mass is 32.2. The molecule has 0 atom stereocenters. The number of hydrogen-bond acceptors (Lipinski definition) is 6. The first-order valence-corrected chi connectivity index (χ1v) is 9.89. The molecule has 0 aliphatic carbocycles. The third kappa shape index (κ3) is 5.19. The fourth-order valence-corrected chi connectivity index (χ4v) is 3.70. The van der Waals surface area contributed by atoms with Crippen molar-refractivity contribution >= 4 is 29.3 Å². The standard InChI is InChI=1S/C19H24N4O3S/c1-25-15-3-4-17(26-2)16(12-15)22-19(24)21-13-14-5-6-20-18(11-14)23-7-9-27-10-8-23/h3-6,11-12H,7-10,13H2,1-2H3,(H2,21,22,24). The van der Waals surface area contributed by atoms with Crippen LogP contribution in [-0.4, -0.2) is 49.8 Å². The Morgan fingerprint density at radius 3 is 2.74 bits per heavy atom. The van der Waals surface area contributed by atoms with Crippen LogP contribution in [0.3, 0.4) is 0 Å². The molecule has 27 heavy (non-hydrogen) atoms. The second-order valence-corrected chi connectivity index (χ2v) is 7.22. The van der Waals surface area contributed by atoms with Crippen LogP contribution >= 0.6 is 11.8 Å². The molecule has 2 N–H and O–H groups in total. The van der Waals surface area contributed by atoms with E-state index < -0.39 is 0 Å². The van der Waals surface area contributed by atoms with E-state index in [9.17, 15) is 4.79 Å². The molecule has 144 valence electrons. The lowest BCUT2D eigenvalue weighted by atomic mass is 10.2. The van der Waals surface area contributed by atoms with Crippen LogP contribution in [0.15, 0.2) is 36.5 Å². The molecule has 3 rings (SSSR count). The summed E-state index contributed by atoms with van der Waals surface area (Å²) in [4.78, 5) is 19.0. The van der Waals surface area contributed by atoms with Crippen LogP contribution in [-0.2, 0) is 6.54 Å². The predicted molar refractivity (Wildman–Crippen MR) is 109 cm³/mol. The van der Waals surface area contributed by atoms with Crippen molar-refractivity contribution in [2.24, 2.45) is 0 Å². The first-order chi connectivity index (χ1) is 13.2. The first kappa shape index (κ1) is 19.2. The number of benzene rings is 1. The average molecular weight is 388 g/mol. The van der Waals surface area contributed by atoms with E-state index in [1.54, 1.807) is 38.6 Å². The number of thioether (sulfide) groups is 1. The number of aromatic nitrogens is 1. The molecular formula is C19H24N4O3S. The SMILES string of the molecule is COc1ccc(OC)c(NC(=O)NCc2ccnc(N3CCSCC3)c2)c1. The van der Waals surface area contributed by atoms with Gasteiger partial charge in [0.2, 0.25) is 0 Å². The third-order valence-corrected chi connectivity index (χ3v) is 5.20. The molecule has 1 aromatic carbocycles. The molecule has 2 heterocycles. The maximum absolute atomic E-state index is 12.3. The van der Waals surface area contributed by atoms with Gasteiger partial charge >= 0.3 is 6.03 Å². The maximum Gasteiger partial charge on any atom is 0.319 e. The monoisotopic (exact) mass is 388 g/mol. The Hall–Kier alpha value is -2.61. The van der Waals surface area contributed by atoms with E-state index in [-0.39, 0.29) is 6.03 Å². The second kappa shape index (κ2) is 9.36. The summed E-state index contributed by atoms with van der Waals surface area (Å²) in [7, 11) is 3.14. The summed E-state index contributed by atoms with van der Waals surface area (Å²) in [6.45, 7) is 2.42. The lowest BCUT2D eigenvalue weighted by Crippen LogP contribution is -2.33. The van der Waals surface area contributed by atoms with Crippen LogP contribution in [0.1, 0.15) is 5.56 Å². The lowest BCUT2D eigenvalue weighted by Gasteiger charge is -2.27. The predicted octanol–water partition coefficient (Wildman–Crippen LogP) is 2.97. The van der Waals surface area contributed by atoms with Gasteiger partial charge in [0, 0.05) is 43.4 Å². The van der Waals surface area contributed by atoms with Crippen LogP contribution in [0.5, 0.6) is 11.5 Å². The first-order valence-electron chi connectivity index (χ1n) is 8.74. The number of carbonyl (C=O) groups is 1. The van der Waals surface area contributed by atoms with E-state index in [0.717, 1.165) is 36.0 Å². The van der Waals surface area contributed by atoms with E-state index in [1.807, 2.05) is 23.9 Å². The Bertz CT molecular complexity index is 781. The normalized spacial score (nSPS) is 13.8. The number of nitrogens with one attached hydrogen (secondary N) is 2. The number of nitrogens with zero attached hydrogens (tertiary/aromatic N) is 2. The minimum atomic E-state index is -0.311. The molecule has 0 bridgehead atoms. The summed E-state index contributed by atoms with van der Waals surface area (Å²) in [5.41, 5.74) is 1.56. The number of urea groups is 1. The van der Waals surface area contributed by atoms with E-state index in [4.69, 9.17) is 9.47 Å². The number of ether oxygens (including phenoxy) is 2. The average Bonchev–Trinajstić information content (AvgIpc) is 2.73. The third-order valence-electron chi connectivity index (χ3n) is 4.25. The van der Waals surface area contributed by atoms with Gasteiger partial charge in [-0.25, -0.2) is 9.78 Å². The fraction of sp³-hybridized carbons (Fsp3) is 0.368. The molecule has 0 radical (unpaired) electrons. The van der Waals surface area contributed by atoms with Gasteiger partial charge < -0.3 is 25.0 Å². The molecule has 0 saturated carbocycles. The molecule has 2 aromatic rings. The quantitative estimate of drug-likeness (QED) is 0.792. The maximum atomic E-state index is 12.3. The molecule has 8 heteroatoms. The summed E-state index contributed by atoms with van der Waals surface area (Å²) in [5, 5.41) is 5.67. The Kier molecular flexibility index (Phi) is 6.64. The Morgan fingerprint density at radius 2 is 2.00 bits per heavy atom. The molecule has 1 aliphatic heterocycles. The highest BCUT2D eigenvalue weighted by molar-refractivity contribution is 7.99. The molecule has 0 unspecified atom stereocenters. The van der Waals surface area contributed by atoms with Gasteiger partial charge in [-0.1, -0.05) is 0 Å². The molecule has 1 fully saturated rings. The van der Waals surface area contributed by atoms with Crippen molar-refractivity contribution in [3.05, 3.63) is 42.1 Å². The van der Waals surface area contributed by atoms with Gasteiger partial charge in [0.25, 0.3) is 0 Å². The van der Waals surface area contributed by atoms with Crippen LogP contribution in [0.25, 0.3) is 0 Å². The van der Waals surface area contributed by atoms with E-state index in [0.29, 0.717) is 23.7 Å². The van der Waals surface area contributed by atoms with Crippen LogP contribution in [0.2, 0.25) is 0 Å². The molecule has 1 aliphatic rings. The second-order valence-electron chi connectivity index (χ2n) is 6.00. The van der Waals surface area contributed by atoms with Crippen molar-refractivity contribution in [3.8, 4) is 11.5 Å². The number of amides is 2. The minimum absolute atomic E-state index is 0.311. The number of hydrogen-bond donors (Lipinski definition) is 2. The van der Waals surface area contributed by atoms with Crippen molar-refractivity contribution in [2.45, 2.75) is 6.54 Å². The van der Waals surface area contributed by atoms with Gasteiger partial charge in [0.15, 0.2) is 0 Å². The topological polar surface area (TPSA) is 75.7 Å². The molecular weight excluding hydrogens is 364 g/mol. The minimum Gasteiger partial charge on any atom is -0.497 e. The van der Waals surface area contributed by atoms with Gasteiger partial charge in [-0.15, -0.1) is 0 Å². The molecule has 1 saturated heterocycles. The molecule has 2 amide bonds. The smallest absolute Gasteiger partial charge is 0.319 e. The number of rotatable bonds is 6. The van der Waals surface area contributed by atoms with Crippen LogP contribution < -0.4 is 25.0 Å². The van der Waals surface area contributed by atoms with Crippen molar-refractivity contribution in [2.75, 3.05) is 49.0 Å². The van der Waals surface area contributed by atoms with E-state index >= 15 is 0 Å². The Balaban J connectivity index is 1.59. The van der Waals surface area contributed by atoms with Gasteiger partial charge in [-0.05, 0) is 29.8 Å². The Labute approximate surface area is 163 Å². The number of anilines is 2. The van der Waals surface area contributed by atoms with E-state index in [2.05, 4.69) is 20.5 Å². The zero-order valence-corrected chi connectivity index (χ0v) is 16.3. The summed E-state index contributed by atoms with van der Waals surface area (Å²) in [6, 6.07) is 8.88. The van der Waals surface area contributed by atoms with Crippen LogP contribution in [0, 0.1) is 0 Å². The van der Waals surface area contributed by atoms with Crippen molar-refractivity contribution < 1.29 is 14.3 Å². The van der Waals surface area contributed by atoms with Crippen molar-refractivity contribution in [1.29, 1.82) is 0 Å².